The molecule has 81 heavy (non-hydrogen) atoms. The molecule has 4 atom stereocenters. The summed E-state index contributed by atoms with van der Waals surface area (Å²) in [6.45, 7) is 18.8. The van der Waals surface area contributed by atoms with Gasteiger partial charge < -0.3 is 32.3 Å². The van der Waals surface area contributed by atoms with E-state index in [0.29, 0.717) is 55.5 Å². The molecule has 430 valence electrons. The van der Waals surface area contributed by atoms with Crippen LogP contribution in [0.25, 0.3) is 4.72 Å². The third-order valence-corrected chi connectivity index (χ3v) is 17.3. The van der Waals surface area contributed by atoms with Crippen LogP contribution in [0.15, 0.2) is 203 Å². The van der Waals surface area contributed by atoms with E-state index < -0.39 is 32.1 Å². The first-order valence-corrected chi connectivity index (χ1v) is 32.1. The molecule has 14 heteroatoms. The van der Waals surface area contributed by atoms with E-state index >= 15 is 0 Å². The summed E-state index contributed by atoms with van der Waals surface area (Å²) in [7, 11) is -3.22. The summed E-state index contributed by atoms with van der Waals surface area (Å²) in [5.41, 5.74) is 13.7. The fraction of sp³-hybridized carbons (Fsp3) is 0.299. The standard InChI is InChI=1S/C33H40N2O3S.C33H37N2O3S.CH3.ClH.Ru/c2*1-24-15-17-28(18-16-24)23-38-20-19-34-31(29-11-7-5-8-12-29)32(30-13-9-6-10-14-30)35-39(36,37)33-26(3)21-25(2)22-27(33)4;;;/h5-15,18,21-22,31-32,34-35H,16-17,19-20,23H2,1-4H3;5-18,21-22,31-32,34H,19-20,23H2,1-4H3;1H3;1H;/q;2*-1;;+4/p-1/t2*31-,32-;;;/m11.../s1. The molecule has 0 heterocycles. The van der Waals surface area contributed by atoms with Crippen molar-refractivity contribution in [3.8, 4) is 0 Å². The number of hydrogen-bond donors (Lipinski definition) is 3. The van der Waals surface area contributed by atoms with Gasteiger partial charge in [-0.05, 0) is 118 Å². The van der Waals surface area contributed by atoms with Gasteiger partial charge in [0.2, 0.25) is 10.0 Å². The Bertz CT molecular complexity index is 3290. The molecule has 0 spiro atoms. The minimum absolute atomic E-state index is 0. The van der Waals surface area contributed by atoms with Crippen LogP contribution >= 0.6 is 9.69 Å². The van der Waals surface area contributed by atoms with Gasteiger partial charge in [-0.1, -0.05) is 216 Å². The molecular weight excluding hydrogens is 1160 g/mol. The zero-order valence-corrected chi connectivity index (χ0v) is 52.4. The Morgan fingerprint density at radius 2 is 0.914 bits per heavy atom. The number of nitrogens with one attached hydrogen (secondary N) is 3. The summed E-state index contributed by atoms with van der Waals surface area (Å²) in [5, 5.41) is 7.17. The number of sulfonamides is 2. The molecule has 0 saturated heterocycles. The Hall–Kier alpha value is -5.41. The first kappa shape index (κ1) is 66.4. The SMILES string of the molecule is CC1=CCC(COCCN[C@H](c2ccccc2)[C@H](NS(=O)(=O)c2c(C)cc(C)cc2C)c2ccccc2)=CC1.Cc1ccc(COCCN[C@H](c2ccccc2)[C@H]([N-]S(=O)(=O)c2c(C)cc(C)cc2C)c2ccccc2)cc1.[CH3-].[Cl][Ru+3]. The predicted molar refractivity (Wildman–Crippen MR) is 330 cm³/mol. The number of nitrogens with zero attached hydrogens (tertiary/aromatic N) is 1. The Labute approximate surface area is 499 Å². The number of halogens is 1. The van der Waals surface area contributed by atoms with Crippen molar-refractivity contribution in [1.29, 1.82) is 0 Å². The first-order chi connectivity index (χ1) is 38.5. The zero-order chi connectivity index (χ0) is 57.7. The Balaban J connectivity index is 0.000000285. The van der Waals surface area contributed by atoms with Crippen LogP contribution in [0.3, 0.4) is 0 Å². The van der Waals surface area contributed by atoms with E-state index in [2.05, 4.69) is 80.0 Å². The number of rotatable bonds is 24. The second-order valence-corrected chi connectivity index (χ2v) is 23.7. The molecule has 10 nitrogen and oxygen atoms in total. The molecule has 0 amide bonds. The van der Waals surface area contributed by atoms with Crippen LogP contribution in [0, 0.1) is 55.9 Å². The van der Waals surface area contributed by atoms with Crippen molar-refractivity contribution in [3.05, 3.63) is 272 Å². The van der Waals surface area contributed by atoms with Crippen molar-refractivity contribution in [2.24, 2.45) is 0 Å². The van der Waals surface area contributed by atoms with E-state index in [4.69, 9.17) is 9.47 Å². The van der Waals surface area contributed by atoms with Crippen LogP contribution in [0.1, 0.15) is 111 Å². The van der Waals surface area contributed by atoms with Gasteiger partial charge in [0.15, 0.2) is 0 Å². The van der Waals surface area contributed by atoms with E-state index in [-0.39, 0.29) is 24.4 Å². The molecule has 0 fully saturated rings. The number of hydrogen-bond acceptors (Lipinski definition) is 8. The van der Waals surface area contributed by atoms with Crippen molar-refractivity contribution in [2.75, 3.05) is 32.9 Å². The van der Waals surface area contributed by atoms with Crippen LogP contribution < -0.4 is 15.4 Å². The molecule has 0 bridgehead atoms. The van der Waals surface area contributed by atoms with Crippen LogP contribution in [-0.2, 0) is 53.4 Å². The predicted octanol–water partition coefficient (Wildman–Crippen LogP) is 15.1. The van der Waals surface area contributed by atoms with Crippen molar-refractivity contribution in [1.82, 2.24) is 15.4 Å². The average molecular weight is 1240 g/mol. The molecular formula is C67H80ClN4O6RuS2+. The summed E-state index contributed by atoms with van der Waals surface area (Å²) in [6, 6.07) is 53.3. The summed E-state index contributed by atoms with van der Waals surface area (Å²) < 4.78 is 75.1. The van der Waals surface area contributed by atoms with Crippen molar-refractivity contribution < 1.29 is 43.6 Å². The summed E-state index contributed by atoms with van der Waals surface area (Å²) in [4.78, 5) is 0.622. The molecule has 1 aliphatic rings. The second-order valence-electron chi connectivity index (χ2n) is 20.5. The fourth-order valence-electron chi connectivity index (χ4n) is 10.3. The molecule has 1 aliphatic carbocycles. The van der Waals surface area contributed by atoms with Crippen molar-refractivity contribution >= 4 is 29.7 Å². The number of benzene rings is 7. The van der Waals surface area contributed by atoms with Crippen molar-refractivity contribution in [3.63, 3.8) is 0 Å². The van der Waals surface area contributed by atoms with Crippen LogP contribution in [-0.4, -0.2) is 49.7 Å². The summed E-state index contributed by atoms with van der Waals surface area (Å²) in [5.74, 6) is 0. The molecule has 0 radical (unpaired) electrons. The molecule has 0 unspecified atom stereocenters. The monoisotopic (exact) mass is 1240 g/mol. The first-order valence-electron chi connectivity index (χ1n) is 27.0. The molecule has 7 aromatic rings. The fourth-order valence-corrected chi connectivity index (χ4v) is 13.5. The van der Waals surface area contributed by atoms with E-state index in [1.165, 1.54) is 16.7 Å². The van der Waals surface area contributed by atoms with Gasteiger partial charge in [-0.3, -0.25) is 0 Å². The topological polar surface area (TPSA) is 137 Å². The summed E-state index contributed by atoms with van der Waals surface area (Å²) in [6.07, 6.45) is 6.45. The van der Waals surface area contributed by atoms with Gasteiger partial charge in [0.25, 0.3) is 0 Å². The third kappa shape index (κ3) is 19.9. The van der Waals surface area contributed by atoms with Gasteiger partial charge in [0.1, 0.15) is 10.0 Å². The quantitative estimate of drug-likeness (QED) is 0.0235. The second kappa shape index (κ2) is 33.0. The third-order valence-electron chi connectivity index (χ3n) is 13.9. The zero-order valence-electron chi connectivity index (χ0n) is 48.2. The van der Waals surface area contributed by atoms with Gasteiger partial charge in [-0.15, -0.1) is 0 Å². The summed E-state index contributed by atoms with van der Waals surface area (Å²) >= 11 is 1.82. The van der Waals surface area contributed by atoms with Crippen LogP contribution in [0.2, 0.25) is 0 Å². The van der Waals surface area contributed by atoms with Crippen molar-refractivity contribution in [2.45, 2.75) is 109 Å². The number of aryl methyl sites for hydroxylation is 7. The van der Waals surface area contributed by atoms with Gasteiger partial charge >= 0.3 is 27.0 Å². The van der Waals surface area contributed by atoms with E-state index in [9.17, 15) is 16.8 Å². The Morgan fingerprint density at radius 3 is 1.38 bits per heavy atom. The Kier molecular flexibility index (Phi) is 27.1. The molecule has 8 rings (SSSR count). The number of ether oxygens (including phenoxy) is 2. The average Bonchev–Trinajstić information content (AvgIpc) is 3.47. The molecule has 0 aromatic heterocycles. The Morgan fingerprint density at radius 1 is 0.494 bits per heavy atom. The van der Waals surface area contributed by atoms with Gasteiger partial charge in [0, 0.05) is 19.1 Å². The van der Waals surface area contributed by atoms with Gasteiger partial charge in [-0.25, -0.2) is 21.6 Å². The molecule has 0 saturated carbocycles. The maximum absolute atomic E-state index is 13.9. The van der Waals surface area contributed by atoms with Gasteiger partial charge in [-0.2, -0.15) is 0 Å². The van der Waals surface area contributed by atoms with Crippen LogP contribution in [0.5, 0.6) is 0 Å². The molecule has 7 aromatic carbocycles. The number of allylic oxidation sites excluding steroid dienone is 3. The maximum atomic E-state index is 13.9. The minimum atomic E-state index is -3.96. The molecule has 3 N–H and O–H groups in total. The van der Waals surface area contributed by atoms with E-state index in [0.717, 1.165) is 62.9 Å². The molecule has 0 aliphatic heterocycles. The van der Waals surface area contributed by atoms with Crippen LogP contribution in [0.4, 0.5) is 0 Å². The van der Waals surface area contributed by atoms with E-state index in [1.54, 1.807) is 0 Å². The normalized spacial score (nSPS) is 13.8. The van der Waals surface area contributed by atoms with Gasteiger partial charge in [0.05, 0.1) is 48.3 Å². The van der Waals surface area contributed by atoms with E-state index in [1.807, 2.05) is 204 Å².